The molecule has 0 saturated heterocycles. The Hall–Kier alpha value is -3.91. The van der Waals surface area contributed by atoms with E-state index in [1.807, 2.05) is 97.3 Å². The average molecular weight is 458 g/mol. The van der Waals surface area contributed by atoms with E-state index < -0.39 is 11.9 Å². The van der Waals surface area contributed by atoms with Gasteiger partial charge in [0.05, 0.1) is 5.75 Å². The van der Waals surface area contributed by atoms with Crippen molar-refractivity contribution in [1.29, 1.82) is 0 Å². The van der Waals surface area contributed by atoms with Crippen LogP contribution >= 0.6 is 11.8 Å². The summed E-state index contributed by atoms with van der Waals surface area (Å²) in [7, 11) is 0. The number of hydrogen-bond donors (Lipinski definition) is 2. The first-order valence-electron chi connectivity index (χ1n) is 10.4. The van der Waals surface area contributed by atoms with Gasteiger partial charge in [0.1, 0.15) is 0 Å². The lowest BCUT2D eigenvalue weighted by atomic mass is 10.1. The van der Waals surface area contributed by atoms with E-state index in [0.29, 0.717) is 16.7 Å². The Bertz CT molecular complexity index is 1270. The summed E-state index contributed by atoms with van der Waals surface area (Å²) in [6, 6.07) is 24.6. The van der Waals surface area contributed by atoms with Crippen LogP contribution in [0.25, 0.3) is 17.1 Å². The van der Waals surface area contributed by atoms with Crippen molar-refractivity contribution in [3.63, 3.8) is 0 Å². The summed E-state index contributed by atoms with van der Waals surface area (Å²) < 4.78 is 1.91. The largest absolute Gasteiger partial charge is 0.325 e. The van der Waals surface area contributed by atoms with Gasteiger partial charge in [-0.25, -0.2) is 4.79 Å². The van der Waals surface area contributed by atoms with E-state index in [1.165, 1.54) is 11.8 Å². The summed E-state index contributed by atoms with van der Waals surface area (Å²) in [6.45, 7) is 3.88. The molecule has 3 aromatic carbocycles. The van der Waals surface area contributed by atoms with E-state index in [2.05, 4.69) is 20.8 Å². The molecule has 0 fully saturated rings. The maximum atomic E-state index is 12.4. The summed E-state index contributed by atoms with van der Waals surface area (Å²) in [5.74, 6) is 0.267. The van der Waals surface area contributed by atoms with Crippen molar-refractivity contribution in [2.75, 3.05) is 11.1 Å². The number of nitrogens with zero attached hydrogens (tertiary/aromatic N) is 3. The number of anilines is 1. The van der Waals surface area contributed by atoms with E-state index in [-0.39, 0.29) is 5.75 Å². The number of thioether (sulfide) groups is 1. The molecule has 0 aliphatic rings. The molecule has 0 bridgehead atoms. The zero-order valence-electron chi connectivity index (χ0n) is 18.3. The van der Waals surface area contributed by atoms with Crippen molar-refractivity contribution in [1.82, 2.24) is 20.1 Å². The number of urea groups is 1. The fourth-order valence-electron chi connectivity index (χ4n) is 3.35. The van der Waals surface area contributed by atoms with Gasteiger partial charge < -0.3 is 5.32 Å². The van der Waals surface area contributed by atoms with Gasteiger partial charge in [-0.05, 0) is 37.6 Å². The van der Waals surface area contributed by atoms with Crippen LogP contribution in [0.15, 0.2) is 84.0 Å². The number of carbonyl (C=O) groups excluding carboxylic acids is 2. The van der Waals surface area contributed by atoms with Crippen LogP contribution in [0.2, 0.25) is 0 Å². The molecular weight excluding hydrogens is 434 g/mol. The fraction of sp³-hybridized carbons (Fsp3) is 0.120. The molecule has 7 nitrogen and oxygen atoms in total. The molecular formula is C25H23N5O2S. The van der Waals surface area contributed by atoms with E-state index in [9.17, 15) is 9.59 Å². The molecule has 0 aliphatic heterocycles. The summed E-state index contributed by atoms with van der Waals surface area (Å²) in [5.41, 5.74) is 4.49. The first kappa shape index (κ1) is 22.3. The van der Waals surface area contributed by atoms with Gasteiger partial charge in [0.2, 0.25) is 5.91 Å². The molecule has 1 aromatic heterocycles. The highest BCUT2D eigenvalue weighted by molar-refractivity contribution is 7.99. The number of rotatable bonds is 6. The van der Waals surface area contributed by atoms with Crippen LogP contribution in [-0.4, -0.2) is 32.5 Å². The zero-order valence-corrected chi connectivity index (χ0v) is 19.1. The van der Waals surface area contributed by atoms with Crippen molar-refractivity contribution >= 4 is 29.4 Å². The molecule has 0 unspecified atom stereocenters. The fourth-order valence-corrected chi connectivity index (χ4v) is 4.10. The molecule has 3 amide bonds. The maximum absolute atomic E-state index is 12.4. The Morgan fingerprint density at radius 2 is 1.61 bits per heavy atom. The van der Waals surface area contributed by atoms with Gasteiger partial charge in [-0.15, -0.1) is 10.2 Å². The quantitative estimate of drug-likeness (QED) is 0.398. The monoisotopic (exact) mass is 457 g/mol. The first-order valence-corrected chi connectivity index (χ1v) is 11.4. The van der Waals surface area contributed by atoms with Gasteiger partial charge in [-0.2, -0.15) is 0 Å². The Balaban J connectivity index is 1.46. The van der Waals surface area contributed by atoms with Crippen LogP contribution in [0.1, 0.15) is 11.1 Å². The number of imide groups is 1. The number of aryl methyl sites for hydroxylation is 2. The average Bonchev–Trinajstić information content (AvgIpc) is 3.25. The Labute approximate surface area is 196 Å². The molecule has 2 N–H and O–H groups in total. The first-order chi connectivity index (χ1) is 16.0. The van der Waals surface area contributed by atoms with Crippen LogP contribution in [0.3, 0.4) is 0 Å². The van der Waals surface area contributed by atoms with Crippen LogP contribution in [0, 0.1) is 13.8 Å². The van der Waals surface area contributed by atoms with E-state index in [0.717, 1.165) is 22.4 Å². The topological polar surface area (TPSA) is 88.9 Å². The number of benzene rings is 3. The normalized spacial score (nSPS) is 10.6. The lowest BCUT2D eigenvalue weighted by molar-refractivity contribution is -0.117. The molecule has 166 valence electrons. The van der Waals surface area contributed by atoms with Gasteiger partial charge in [0, 0.05) is 16.9 Å². The van der Waals surface area contributed by atoms with Gasteiger partial charge in [-0.1, -0.05) is 78.0 Å². The lowest BCUT2D eigenvalue weighted by Gasteiger charge is -2.11. The molecule has 0 radical (unpaired) electrons. The summed E-state index contributed by atoms with van der Waals surface area (Å²) in [5, 5.41) is 14.3. The maximum Gasteiger partial charge on any atom is 0.325 e. The molecule has 0 saturated carbocycles. The molecule has 4 rings (SSSR count). The number of nitrogens with one attached hydrogen (secondary N) is 2. The smallest absolute Gasteiger partial charge is 0.307 e. The SMILES string of the molecule is Cc1ccc(NC(=O)NC(=O)CSc2nnc(-c3ccccc3)n2-c2ccccc2)c(C)c1. The van der Waals surface area contributed by atoms with Crippen molar-refractivity contribution in [3.8, 4) is 17.1 Å². The second kappa shape index (κ2) is 10.1. The second-order valence-electron chi connectivity index (χ2n) is 7.45. The predicted octanol–water partition coefficient (Wildman–Crippen LogP) is 4.99. The molecule has 8 heteroatoms. The van der Waals surface area contributed by atoms with Crippen LogP contribution in [0.4, 0.5) is 10.5 Å². The Morgan fingerprint density at radius 3 is 2.30 bits per heavy atom. The van der Waals surface area contributed by atoms with E-state index in [4.69, 9.17) is 0 Å². The third-order valence-electron chi connectivity index (χ3n) is 4.90. The molecule has 33 heavy (non-hydrogen) atoms. The van der Waals surface area contributed by atoms with Gasteiger partial charge >= 0.3 is 6.03 Å². The summed E-state index contributed by atoms with van der Waals surface area (Å²) >= 11 is 1.22. The van der Waals surface area contributed by atoms with Gasteiger partial charge in [-0.3, -0.25) is 14.7 Å². The van der Waals surface area contributed by atoms with Crippen molar-refractivity contribution in [3.05, 3.63) is 90.0 Å². The molecule has 0 spiro atoms. The summed E-state index contributed by atoms with van der Waals surface area (Å²) in [6.07, 6.45) is 0. The van der Waals surface area contributed by atoms with Crippen molar-refractivity contribution in [2.24, 2.45) is 0 Å². The van der Waals surface area contributed by atoms with Crippen LogP contribution in [0.5, 0.6) is 0 Å². The number of hydrogen-bond acceptors (Lipinski definition) is 5. The van der Waals surface area contributed by atoms with E-state index >= 15 is 0 Å². The highest BCUT2D eigenvalue weighted by Gasteiger charge is 2.18. The van der Waals surface area contributed by atoms with Gasteiger partial charge in [0.25, 0.3) is 0 Å². The predicted molar refractivity (Wildman–Crippen MR) is 131 cm³/mol. The number of amides is 3. The van der Waals surface area contributed by atoms with Crippen LogP contribution in [-0.2, 0) is 4.79 Å². The highest BCUT2D eigenvalue weighted by Crippen LogP contribution is 2.27. The third-order valence-corrected chi connectivity index (χ3v) is 5.82. The Kier molecular flexibility index (Phi) is 6.85. The summed E-state index contributed by atoms with van der Waals surface area (Å²) in [4.78, 5) is 24.7. The minimum absolute atomic E-state index is 0.0139. The molecule has 1 heterocycles. The molecule has 4 aromatic rings. The number of carbonyl (C=O) groups is 2. The van der Waals surface area contributed by atoms with E-state index in [1.54, 1.807) is 0 Å². The molecule has 0 atom stereocenters. The second-order valence-corrected chi connectivity index (χ2v) is 8.40. The highest BCUT2D eigenvalue weighted by atomic mass is 32.2. The van der Waals surface area contributed by atoms with Crippen molar-refractivity contribution < 1.29 is 9.59 Å². The zero-order chi connectivity index (χ0) is 23.2. The number of para-hydroxylation sites is 1. The lowest BCUT2D eigenvalue weighted by Crippen LogP contribution is -2.35. The third kappa shape index (κ3) is 5.48. The van der Waals surface area contributed by atoms with Crippen molar-refractivity contribution in [2.45, 2.75) is 19.0 Å². The van der Waals surface area contributed by atoms with Crippen LogP contribution < -0.4 is 10.6 Å². The minimum atomic E-state index is -0.568. The molecule has 0 aliphatic carbocycles. The standard InChI is InChI=1S/C25H23N5O2S/c1-17-13-14-21(18(2)15-17)26-24(32)27-22(31)16-33-25-29-28-23(19-9-5-3-6-10-19)30(25)20-11-7-4-8-12-20/h3-15H,16H2,1-2H3,(H2,26,27,31,32). The minimum Gasteiger partial charge on any atom is -0.307 e. The Morgan fingerprint density at radius 1 is 0.909 bits per heavy atom. The van der Waals surface area contributed by atoms with Gasteiger partial charge in [0.15, 0.2) is 11.0 Å². The number of aromatic nitrogens is 3.